The fraction of sp³-hybridized carbons (Fsp3) is 0.389. The van der Waals surface area contributed by atoms with E-state index in [-0.39, 0.29) is 5.91 Å². The Kier molecular flexibility index (Phi) is 6.71. The van der Waals surface area contributed by atoms with Crippen molar-refractivity contribution in [2.75, 3.05) is 44.4 Å². The Balaban J connectivity index is 2.12. The van der Waals surface area contributed by atoms with Crippen LogP contribution in [0.4, 0.5) is 11.5 Å². The molecule has 7 nitrogen and oxygen atoms in total. The average Bonchev–Trinajstić information content (AvgIpc) is 2.56. The third-order valence-electron chi connectivity index (χ3n) is 3.37. The first-order valence-electron chi connectivity index (χ1n) is 8.27. The Morgan fingerprint density at radius 2 is 2.00 bits per heavy atom. The first-order valence-corrected chi connectivity index (χ1v) is 8.27. The van der Waals surface area contributed by atoms with E-state index in [2.05, 4.69) is 25.5 Å². The van der Waals surface area contributed by atoms with Crippen LogP contribution in [0.5, 0.6) is 5.75 Å². The predicted molar refractivity (Wildman–Crippen MR) is 99.4 cm³/mol. The summed E-state index contributed by atoms with van der Waals surface area (Å²) in [7, 11) is 4.00. The Morgan fingerprint density at radius 3 is 2.72 bits per heavy atom. The van der Waals surface area contributed by atoms with Crippen molar-refractivity contribution in [3.8, 4) is 5.75 Å². The third kappa shape index (κ3) is 5.72. The molecule has 2 N–H and O–H groups in total. The van der Waals surface area contributed by atoms with E-state index >= 15 is 0 Å². The van der Waals surface area contributed by atoms with Crippen LogP contribution in [0.3, 0.4) is 0 Å². The molecule has 2 aromatic rings. The van der Waals surface area contributed by atoms with E-state index in [9.17, 15) is 4.79 Å². The summed E-state index contributed by atoms with van der Waals surface area (Å²) in [6, 6.07) is 8.98. The lowest BCUT2D eigenvalue weighted by Gasteiger charge is -2.13. The molecule has 0 unspecified atom stereocenters. The maximum atomic E-state index is 12.6. The van der Waals surface area contributed by atoms with E-state index in [0.717, 1.165) is 13.1 Å². The molecule has 0 spiro atoms. The van der Waals surface area contributed by atoms with E-state index in [1.807, 2.05) is 39.2 Å². The van der Waals surface area contributed by atoms with Crippen LogP contribution in [0.25, 0.3) is 0 Å². The molecule has 1 aromatic carbocycles. The topological polar surface area (TPSA) is 79.4 Å². The van der Waals surface area contributed by atoms with Crippen molar-refractivity contribution < 1.29 is 9.53 Å². The number of hydrogen-bond donors (Lipinski definition) is 2. The molecule has 1 heterocycles. The number of para-hydroxylation sites is 2. The number of aryl methyl sites for hydroxylation is 1. The van der Waals surface area contributed by atoms with Crippen LogP contribution in [-0.4, -0.2) is 54.6 Å². The molecule has 0 bridgehead atoms. The molecular formula is C18H25N5O2. The van der Waals surface area contributed by atoms with Crippen molar-refractivity contribution in [2.24, 2.45) is 0 Å². The molecule has 0 fully saturated rings. The Labute approximate surface area is 148 Å². The zero-order valence-electron chi connectivity index (χ0n) is 15.2. The maximum absolute atomic E-state index is 12.6. The highest BCUT2D eigenvalue weighted by Gasteiger charge is 2.13. The molecule has 0 atom stereocenters. The summed E-state index contributed by atoms with van der Waals surface area (Å²) in [5.41, 5.74) is 0.930. The number of carbonyl (C=O) groups is 1. The molecule has 25 heavy (non-hydrogen) atoms. The first-order chi connectivity index (χ1) is 12.0. The van der Waals surface area contributed by atoms with Gasteiger partial charge in [-0.05, 0) is 40.1 Å². The molecule has 0 radical (unpaired) electrons. The van der Waals surface area contributed by atoms with E-state index in [0.29, 0.717) is 35.4 Å². The summed E-state index contributed by atoms with van der Waals surface area (Å²) in [6.45, 7) is 5.80. The number of ether oxygens (including phenoxy) is 1. The second-order valence-corrected chi connectivity index (χ2v) is 5.80. The molecule has 0 saturated carbocycles. The average molecular weight is 343 g/mol. The van der Waals surface area contributed by atoms with Gasteiger partial charge in [0, 0.05) is 19.2 Å². The van der Waals surface area contributed by atoms with Gasteiger partial charge in [-0.25, -0.2) is 9.97 Å². The number of amides is 1. The van der Waals surface area contributed by atoms with Crippen molar-refractivity contribution in [1.29, 1.82) is 0 Å². The summed E-state index contributed by atoms with van der Waals surface area (Å²) >= 11 is 0. The van der Waals surface area contributed by atoms with Gasteiger partial charge in [-0.3, -0.25) is 4.79 Å². The Bertz CT molecular complexity index is 718. The van der Waals surface area contributed by atoms with Gasteiger partial charge in [0.15, 0.2) is 0 Å². The second kappa shape index (κ2) is 8.98. The maximum Gasteiger partial charge on any atom is 0.274 e. The van der Waals surface area contributed by atoms with Crippen molar-refractivity contribution in [3.63, 3.8) is 0 Å². The minimum atomic E-state index is -0.298. The zero-order valence-corrected chi connectivity index (χ0v) is 15.2. The minimum absolute atomic E-state index is 0.298. The van der Waals surface area contributed by atoms with Crippen molar-refractivity contribution >= 4 is 17.4 Å². The number of anilines is 2. The van der Waals surface area contributed by atoms with E-state index in [1.165, 1.54) is 0 Å². The summed E-state index contributed by atoms with van der Waals surface area (Å²) in [4.78, 5) is 23.2. The molecule has 134 valence electrons. The fourth-order valence-corrected chi connectivity index (χ4v) is 2.22. The third-order valence-corrected chi connectivity index (χ3v) is 3.37. The molecule has 1 aromatic heterocycles. The molecule has 0 saturated heterocycles. The van der Waals surface area contributed by atoms with Gasteiger partial charge in [0.05, 0.1) is 12.3 Å². The highest BCUT2D eigenvalue weighted by molar-refractivity contribution is 6.04. The first kappa shape index (κ1) is 18.7. The number of hydrogen-bond acceptors (Lipinski definition) is 6. The monoisotopic (exact) mass is 343 g/mol. The SMILES string of the molecule is CCOc1ccccc1NC(=O)c1cc(NCCN(C)C)nc(C)n1. The number of benzene rings is 1. The van der Waals surface area contributed by atoms with Gasteiger partial charge in [0.25, 0.3) is 5.91 Å². The number of nitrogens with one attached hydrogen (secondary N) is 2. The molecular weight excluding hydrogens is 318 g/mol. The highest BCUT2D eigenvalue weighted by atomic mass is 16.5. The minimum Gasteiger partial charge on any atom is -0.492 e. The summed E-state index contributed by atoms with van der Waals surface area (Å²) in [6.07, 6.45) is 0. The van der Waals surface area contributed by atoms with E-state index in [1.54, 1.807) is 19.1 Å². The van der Waals surface area contributed by atoms with Gasteiger partial charge in [0.1, 0.15) is 23.1 Å². The smallest absolute Gasteiger partial charge is 0.274 e. The van der Waals surface area contributed by atoms with Crippen LogP contribution in [0.15, 0.2) is 30.3 Å². The Hall–Kier alpha value is -2.67. The highest BCUT2D eigenvalue weighted by Crippen LogP contribution is 2.24. The van der Waals surface area contributed by atoms with Crippen LogP contribution < -0.4 is 15.4 Å². The molecule has 0 aliphatic rings. The lowest BCUT2D eigenvalue weighted by Crippen LogP contribution is -2.22. The van der Waals surface area contributed by atoms with Crippen LogP contribution in [0.2, 0.25) is 0 Å². The zero-order chi connectivity index (χ0) is 18.2. The van der Waals surface area contributed by atoms with Gasteiger partial charge < -0.3 is 20.3 Å². The summed E-state index contributed by atoms with van der Waals surface area (Å²) < 4.78 is 5.53. The summed E-state index contributed by atoms with van der Waals surface area (Å²) in [5, 5.41) is 6.06. The van der Waals surface area contributed by atoms with Gasteiger partial charge in [-0.1, -0.05) is 12.1 Å². The summed E-state index contributed by atoms with van der Waals surface area (Å²) in [5.74, 6) is 1.51. The molecule has 2 rings (SSSR count). The largest absolute Gasteiger partial charge is 0.492 e. The second-order valence-electron chi connectivity index (χ2n) is 5.80. The quantitative estimate of drug-likeness (QED) is 0.766. The molecule has 1 amide bonds. The number of aromatic nitrogens is 2. The number of rotatable bonds is 8. The standard InChI is InChI=1S/C18H25N5O2/c1-5-25-16-9-7-6-8-14(16)22-18(24)15-12-17(21-13(2)20-15)19-10-11-23(3)4/h6-9,12H,5,10-11H2,1-4H3,(H,22,24)(H,19,20,21). The van der Waals surface area contributed by atoms with Crippen LogP contribution in [0, 0.1) is 6.92 Å². The lowest BCUT2D eigenvalue weighted by atomic mass is 10.2. The lowest BCUT2D eigenvalue weighted by molar-refractivity contribution is 0.102. The van der Waals surface area contributed by atoms with E-state index in [4.69, 9.17) is 4.74 Å². The van der Waals surface area contributed by atoms with Crippen molar-refractivity contribution in [2.45, 2.75) is 13.8 Å². The number of nitrogens with zero attached hydrogens (tertiary/aromatic N) is 3. The van der Waals surface area contributed by atoms with Crippen LogP contribution in [-0.2, 0) is 0 Å². The van der Waals surface area contributed by atoms with Crippen LogP contribution in [0.1, 0.15) is 23.2 Å². The van der Waals surface area contributed by atoms with Crippen molar-refractivity contribution in [1.82, 2.24) is 14.9 Å². The van der Waals surface area contributed by atoms with Gasteiger partial charge in [-0.2, -0.15) is 0 Å². The van der Waals surface area contributed by atoms with Gasteiger partial charge in [-0.15, -0.1) is 0 Å². The van der Waals surface area contributed by atoms with Crippen molar-refractivity contribution in [3.05, 3.63) is 41.9 Å². The number of likely N-dealkylation sites (N-methyl/N-ethyl adjacent to an activating group) is 1. The molecule has 0 aliphatic heterocycles. The molecule has 7 heteroatoms. The normalized spacial score (nSPS) is 10.6. The predicted octanol–water partition coefficient (Wildman–Crippen LogP) is 2.41. The Morgan fingerprint density at radius 1 is 1.24 bits per heavy atom. The van der Waals surface area contributed by atoms with Gasteiger partial charge >= 0.3 is 0 Å². The number of carbonyl (C=O) groups excluding carboxylic acids is 1. The van der Waals surface area contributed by atoms with Gasteiger partial charge in [0.2, 0.25) is 0 Å². The molecule has 0 aliphatic carbocycles. The fourth-order valence-electron chi connectivity index (χ4n) is 2.22. The van der Waals surface area contributed by atoms with E-state index < -0.39 is 0 Å². The van der Waals surface area contributed by atoms with Crippen LogP contribution >= 0.6 is 0 Å².